The first-order chi connectivity index (χ1) is 13.3. The first-order valence-electron chi connectivity index (χ1n) is 9.31. The average molecular weight is 357 g/mol. The summed E-state index contributed by atoms with van der Waals surface area (Å²) in [6.07, 6.45) is 2.28. The minimum absolute atomic E-state index is 0.326. The van der Waals surface area contributed by atoms with E-state index in [0.29, 0.717) is 29.2 Å². The van der Waals surface area contributed by atoms with Crippen molar-refractivity contribution in [3.63, 3.8) is 0 Å². The Balaban J connectivity index is 1.35. The summed E-state index contributed by atoms with van der Waals surface area (Å²) in [5.74, 6) is 1.54. The molecule has 3 heterocycles. The van der Waals surface area contributed by atoms with E-state index in [-0.39, 0.29) is 5.91 Å². The number of aromatic nitrogens is 2. The van der Waals surface area contributed by atoms with Crippen LogP contribution in [0.25, 0.3) is 10.9 Å². The number of carbonyl (C=O) groups is 1. The molecule has 2 aliphatic rings. The zero-order valence-electron chi connectivity index (χ0n) is 14.9. The maximum Gasteiger partial charge on any atom is 0.296 e. The number of carbonyl (C=O) groups excluding carboxylic acids is 1. The Labute approximate surface area is 157 Å². The van der Waals surface area contributed by atoms with E-state index in [9.17, 15) is 4.79 Å². The molecular weight excluding hydrogens is 338 g/mol. The normalized spacial score (nSPS) is 17.6. The summed E-state index contributed by atoms with van der Waals surface area (Å²) >= 11 is 0. The van der Waals surface area contributed by atoms with E-state index in [1.165, 1.54) is 5.56 Å². The van der Waals surface area contributed by atoms with Crippen LogP contribution in [0.2, 0.25) is 0 Å². The van der Waals surface area contributed by atoms with Crippen LogP contribution in [0.3, 0.4) is 0 Å². The van der Waals surface area contributed by atoms with Gasteiger partial charge in [0, 0.05) is 0 Å². The summed E-state index contributed by atoms with van der Waals surface area (Å²) in [5.41, 5.74) is 2.73. The van der Waals surface area contributed by atoms with Gasteiger partial charge in [-0.2, -0.15) is 0 Å². The number of piperidine rings is 1. The average Bonchev–Trinajstić information content (AvgIpc) is 2.72. The molecule has 6 heteroatoms. The molecule has 0 atom stereocenters. The van der Waals surface area contributed by atoms with Crippen LogP contribution in [-0.2, 0) is 6.54 Å². The van der Waals surface area contributed by atoms with Crippen LogP contribution in [0.15, 0.2) is 58.8 Å². The first kappa shape index (κ1) is 16.2. The van der Waals surface area contributed by atoms with Crippen LogP contribution in [0, 0.1) is 0 Å². The molecule has 0 bridgehead atoms. The van der Waals surface area contributed by atoms with Crippen molar-refractivity contribution in [3.05, 3.63) is 65.5 Å². The minimum Gasteiger partial charge on any atom is -0.296 e. The van der Waals surface area contributed by atoms with Crippen molar-refractivity contribution < 1.29 is 4.79 Å². The molecule has 1 fully saturated rings. The summed E-state index contributed by atoms with van der Waals surface area (Å²) in [6.45, 7) is 2.74. The largest absolute Gasteiger partial charge is 0.296 e. The molecule has 6 nitrogen and oxygen atoms in total. The van der Waals surface area contributed by atoms with Crippen molar-refractivity contribution in [2.24, 2.45) is 10.2 Å². The van der Waals surface area contributed by atoms with Crippen molar-refractivity contribution >= 4 is 22.6 Å². The van der Waals surface area contributed by atoms with E-state index >= 15 is 0 Å². The van der Waals surface area contributed by atoms with E-state index in [4.69, 9.17) is 0 Å². The van der Waals surface area contributed by atoms with Gasteiger partial charge in [-0.3, -0.25) is 9.69 Å². The molecule has 0 unspecified atom stereocenters. The van der Waals surface area contributed by atoms with Gasteiger partial charge in [0.1, 0.15) is 5.82 Å². The van der Waals surface area contributed by atoms with Gasteiger partial charge in [0.2, 0.25) is 0 Å². The zero-order chi connectivity index (χ0) is 18.2. The number of benzene rings is 2. The Morgan fingerprint density at radius 1 is 0.926 bits per heavy atom. The summed E-state index contributed by atoms with van der Waals surface area (Å²) < 4.78 is 0. The Hall–Kier alpha value is -2.99. The third-order valence-corrected chi connectivity index (χ3v) is 5.44. The van der Waals surface area contributed by atoms with E-state index in [1.54, 1.807) is 6.07 Å². The fourth-order valence-electron chi connectivity index (χ4n) is 4.03. The highest BCUT2D eigenvalue weighted by atomic mass is 16.1. The predicted molar refractivity (Wildman–Crippen MR) is 102 cm³/mol. The second kappa shape index (κ2) is 6.63. The van der Waals surface area contributed by atoms with Crippen molar-refractivity contribution in [2.75, 3.05) is 13.1 Å². The summed E-state index contributed by atoms with van der Waals surface area (Å²) in [6, 6.07) is 16.2. The smallest absolute Gasteiger partial charge is 0.296 e. The number of likely N-dealkylation sites (tertiary alicyclic amines) is 1. The van der Waals surface area contributed by atoms with E-state index in [2.05, 4.69) is 55.4 Å². The van der Waals surface area contributed by atoms with Gasteiger partial charge in [-0.05, 0) is 49.5 Å². The topological polar surface area (TPSA) is 70.8 Å². The van der Waals surface area contributed by atoms with Crippen LogP contribution in [0.5, 0.6) is 0 Å². The highest BCUT2D eigenvalue weighted by molar-refractivity contribution is 6.11. The van der Waals surface area contributed by atoms with E-state index < -0.39 is 0 Å². The fraction of sp³-hybridized carbons (Fsp3) is 0.286. The third kappa shape index (κ3) is 3.02. The molecule has 2 aromatic carbocycles. The molecule has 3 aromatic rings. The second-order valence-electron chi connectivity index (χ2n) is 7.13. The third-order valence-electron chi connectivity index (χ3n) is 5.44. The summed E-state index contributed by atoms with van der Waals surface area (Å²) in [5, 5.41) is 8.43. The Morgan fingerprint density at radius 3 is 2.56 bits per heavy atom. The lowest BCUT2D eigenvalue weighted by atomic mass is 9.89. The van der Waals surface area contributed by atoms with Gasteiger partial charge in [0.25, 0.3) is 5.91 Å². The first-order valence-corrected chi connectivity index (χ1v) is 9.31. The maximum absolute atomic E-state index is 11.9. The Kier molecular flexibility index (Phi) is 3.98. The van der Waals surface area contributed by atoms with Crippen LogP contribution in [0.1, 0.15) is 40.5 Å². The molecule has 27 heavy (non-hydrogen) atoms. The van der Waals surface area contributed by atoms with Gasteiger partial charge in [0.05, 0.1) is 23.0 Å². The number of nitrogens with zero attached hydrogens (tertiary/aromatic N) is 5. The predicted octanol–water partition coefficient (Wildman–Crippen LogP) is 4.25. The van der Waals surface area contributed by atoms with Crippen LogP contribution < -0.4 is 0 Å². The van der Waals surface area contributed by atoms with Gasteiger partial charge in [-0.1, -0.05) is 36.4 Å². The number of hydrogen-bond donors (Lipinski definition) is 0. The maximum atomic E-state index is 11.9. The molecule has 5 rings (SSSR count). The lowest BCUT2D eigenvalue weighted by Gasteiger charge is -2.31. The summed E-state index contributed by atoms with van der Waals surface area (Å²) in [4.78, 5) is 23.5. The minimum atomic E-state index is -0.326. The molecule has 1 aromatic heterocycles. The van der Waals surface area contributed by atoms with E-state index in [1.807, 2.05) is 12.1 Å². The van der Waals surface area contributed by atoms with Gasteiger partial charge < -0.3 is 0 Å². The highest BCUT2D eigenvalue weighted by Crippen LogP contribution is 2.32. The second-order valence-corrected chi connectivity index (χ2v) is 7.13. The molecule has 0 aliphatic carbocycles. The Morgan fingerprint density at radius 2 is 1.74 bits per heavy atom. The number of azo groups is 1. The van der Waals surface area contributed by atoms with Crippen LogP contribution >= 0.6 is 0 Å². The van der Waals surface area contributed by atoms with Gasteiger partial charge in [-0.15, -0.1) is 10.2 Å². The standard InChI is InChI=1S/C21H19N5O/c27-21-16-7-4-8-17-19(16)20(24-25-21)23-18(22-17)13-26-11-9-15(10-12-26)14-5-2-1-3-6-14/h1-8,15H,9-13H2. The Bertz CT molecular complexity index is 1040. The highest BCUT2D eigenvalue weighted by Gasteiger charge is 2.23. The molecule has 0 saturated carbocycles. The summed E-state index contributed by atoms with van der Waals surface area (Å²) in [7, 11) is 0. The monoisotopic (exact) mass is 357 g/mol. The SMILES string of the molecule is O=C1N=Nc2nc(CN3CCC(c4ccccc4)CC3)nc3cccc1c23. The lowest BCUT2D eigenvalue weighted by Crippen LogP contribution is -2.33. The van der Waals surface area contributed by atoms with Crippen molar-refractivity contribution in [1.29, 1.82) is 0 Å². The van der Waals surface area contributed by atoms with Crippen molar-refractivity contribution in [3.8, 4) is 0 Å². The van der Waals surface area contributed by atoms with Gasteiger partial charge in [-0.25, -0.2) is 9.97 Å². The van der Waals surface area contributed by atoms with Crippen molar-refractivity contribution in [1.82, 2.24) is 14.9 Å². The molecule has 2 aliphatic heterocycles. The molecular formula is C21H19N5O. The molecule has 1 amide bonds. The molecule has 134 valence electrons. The van der Waals surface area contributed by atoms with Crippen molar-refractivity contribution in [2.45, 2.75) is 25.3 Å². The van der Waals surface area contributed by atoms with E-state index in [0.717, 1.165) is 37.3 Å². The number of amides is 1. The molecule has 0 N–H and O–H groups in total. The number of rotatable bonds is 3. The van der Waals surface area contributed by atoms with Crippen LogP contribution in [-0.4, -0.2) is 33.9 Å². The molecule has 0 radical (unpaired) electrons. The molecule has 1 saturated heterocycles. The van der Waals surface area contributed by atoms with Gasteiger partial charge >= 0.3 is 0 Å². The lowest BCUT2D eigenvalue weighted by molar-refractivity contribution is 0.0995. The zero-order valence-corrected chi connectivity index (χ0v) is 14.9. The fourth-order valence-corrected chi connectivity index (χ4v) is 4.03. The quantitative estimate of drug-likeness (QED) is 0.703. The van der Waals surface area contributed by atoms with Crippen LogP contribution in [0.4, 0.5) is 5.82 Å². The number of hydrogen-bond acceptors (Lipinski definition) is 5. The van der Waals surface area contributed by atoms with Gasteiger partial charge in [0.15, 0.2) is 5.82 Å². The molecule has 0 spiro atoms.